The van der Waals surface area contributed by atoms with Crippen LogP contribution < -0.4 is 0 Å². The Morgan fingerprint density at radius 1 is 1.33 bits per heavy atom. The van der Waals surface area contributed by atoms with Crippen molar-refractivity contribution >= 4 is 12.4 Å². The molecule has 0 saturated carbocycles. The quantitative estimate of drug-likeness (QED) is 0.803. The number of aromatic hydroxyl groups is 1. The number of carbonyl (C=O) groups is 2. The van der Waals surface area contributed by atoms with Crippen LogP contribution in [0.15, 0.2) is 24.3 Å². The van der Waals surface area contributed by atoms with Gasteiger partial charge in [-0.05, 0) is 38.7 Å². The zero-order chi connectivity index (χ0) is 16.4. The van der Waals surface area contributed by atoms with E-state index in [4.69, 9.17) is 9.90 Å². The van der Waals surface area contributed by atoms with Gasteiger partial charge in [-0.2, -0.15) is 0 Å². The number of rotatable bonds is 5. The van der Waals surface area contributed by atoms with Crippen LogP contribution in [0.2, 0.25) is 0 Å². The van der Waals surface area contributed by atoms with Crippen molar-refractivity contribution in [2.24, 2.45) is 0 Å². The lowest BCUT2D eigenvalue weighted by atomic mass is 10.1. The van der Waals surface area contributed by atoms with Gasteiger partial charge in [-0.25, -0.2) is 0 Å². The fourth-order valence-corrected chi connectivity index (χ4v) is 1.61. The third kappa shape index (κ3) is 7.94. The van der Waals surface area contributed by atoms with Gasteiger partial charge in [0.05, 0.1) is 0 Å². The summed E-state index contributed by atoms with van der Waals surface area (Å²) in [6.45, 7) is 2.30. The summed E-state index contributed by atoms with van der Waals surface area (Å²) in [5, 5.41) is 16.3. The van der Waals surface area contributed by atoms with Crippen molar-refractivity contribution in [3.05, 3.63) is 29.8 Å². The molecule has 118 valence electrons. The standard InChI is InChI=1S/C14H22N2O2.CH2O2/c1-11(15(2)3)8-14(18)16(4)10-12-6-5-7-13(17)9-12;2-1-3/h5-7,9,11,17H,8,10H2,1-4H3;1H,(H,2,3). The molecule has 0 fully saturated rings. The SMILES string of the molecule is CC(CC(=O)N(C)Cc1cccc(O)c1)N(C)C.O=CO. The van der Waals surface area contributed by atoms with E-state index in [9.17, 15) is 9.90 Å². The molecule has 1 aromatic carbocycles. The van der Waals surface area contributed by atoms with E-state index in [-0.39, 0.29) is 24.2 Å². The van der Waals surface area contributed by atoms with Crippen molar-refractivity contribution in [1.29, 1.82) is 0 Å². The molecule has 1 atom stereocenters. The Labute approximate surface area is 125 Å². The molecule has 0 bridgehead atoms. The van der Waals surface area contributed by atoms with Crippen LogP contribution in [0.25, 0.3) is 0 Å². The Morgan fingerprint density at radius 2 is 1.90 bits per heavy atom. The Balaban J connectivity index is 0.00000122. The molecule has 2 N–H and O–H groups in total. The lowest BCUT2D eigenvalue weighted by Gasteiger charge is -2.23. The molecular weight excluding hydrogens is 272 g/mol. The number of phenolic OH excluding ortho intramolecular Hbond substituents is 1. The maximum atomic E-state index is 12.0. The van der Waals surface area contributed by atoms with E-state index in [1.165, 1.54) is 0 Å². The highest BCUT2D eigenvalue weighted by Gasteiger charge is 2.14. The van der Waals surface area contributed by atoms with E-state index in [1.807, 2.05) is 32.0 Å². The molecule has 0 aromatic heterocycles. The molecular formula is C15H24N2O4. The zero-order valence-electron chi connectivity index (χ0n) is 13.0. The molecule has 1 unspecified atom stereocenters. The van der Waals surface area contributed by atoms with Crippen LogP contribution in [-0.4, -0.2) is 59.6 Å². The number of hydrogen-bond donors (Lipinski definition) is 2. The molecule has 0 aliphatic rings. The smallest absolute Gasteiger partial charge is 0.290 e. The van der Waals surface area contributed by atoms with Crippen molar-refractivity contribution in [2.75, 3.05) is 21.1 Å². The number of carboxylic acid groups (broad SMARTS) is 1. The van der Waals surface area contributed by atoms with Gasteiger partial charge in [0, 0.05) is 26.1 Å². The predicted molar refractivity (Wildman–Crippen MR) is 81.0 cm³/mol. The summed E-state index contributed by atoms with van der Waals surface area (Å²) < 4.78 is 0. The second kappa shape index (κ2) is 9.77. The number of nitrogens with zero attached hydrogens (tertiary/aromatic N) is 2. The Kier molecular flexibility index (Phi) is 8.80. The molecule has 21 heavy (non-hydrogen) atoms. The molecule has 0 aliphatic heterocycles. The molecule has 6 nitrogen and oxygen atoms in total. The third-order valence-electron chi connectivity index (χ3n) is 3.11. The number of hydrogen-bond acceptors (Lipinski definition) is 4. The average Bonchev–Trinajstić information content (AvgIpc) is 2.39. The average molecular weight is 296 g/mol. The minimum absolute atomic E-state index is 0.111. The summed E-state index contributed by atoms with van der Waals surface area (Å²) in [6.07, 6.45) is 0.502. The van der Waals surface area contributed by atoms with Crippen molar-refractivity contribution in [3.63, 3.8) is 0 Å². The Morgan fingerprint density at radius 3 is 2.38 bits per heavy atom. The molecule has 1 aromatic rings. The largest absolute Gasteiger partial charge is 0.508 e. The number of benzene rings is 1. The third-order valence-corrected chi connectivity index (χ3v) is 3.11. The molecule has 0 saturated heterocycles. The monoisotopic (exact) mass is 296 g/mol. The second-order valence-corrected chi connectivity index (χ2v) is 5.04. The summed E-state index contributed by atoms with van der Waals surface area (Å²) >= 11 is 0. The molecule has 0 aliphatic carbocycles. The van der Waals surface area contributed by atoms with Crippen molar-refractivity contribution in [3.8, 4) is 5.75 Å². The molecule has 1 rings (SSSR count). The summed E-state index contributed by atoms with van der Waals surface area (Å²) in [5.41, 5.74) is 0.934. The first-order chi connectivity index (χ1) is 9.81. The highest BCUT2D eigenvalue weighted by molar-refractivity contribution is 5.76. The molecule has 0 spiro atoms. The lowest BCUT2D eigenvalue weighted by Crippen LogP contribution is -2.34. The van der Waals surface area contributed by atoms with E-state index >= 15 is 0 Å². The maximum absolute atomic E-state index is 12.0. The summed E-state index contributed by atoms with van der Waals surface area (Å²) in [6, 6.07) is 7.22. The van der Waals surface area contributed by atoms with Crippen molar-refractivity contribution < 1.29 is 19.8 Å². The van der Waals surface area contributed by atoms with Gasteiger partial charge in [0.25, 0.3) is 6.47 Å². The van der Waals surface area contributed by atoms with E-state index in [0.29, 0.717) is 13.0 Å². The summed E-state index contributed by atoms with van der Waals surface area (Å²) in [4.78, 5) is 24.1. The van der Waals surface area contributed by atoms with Gasteiger partial charge in [-0.1, -0.05) is 12.1 Å². The minimum Gasteiger partial charge on any atom is -0.508 e. The molecule has 1 amide bonds. The minimum atomic E-state index is -0.250. The Hall–Kier alpha value is -2.08. The fraction of sp³-hybridized carbons (Fsp3) is 0.467. The van der Waals surface area contributed by atoms with Crippen molar-refractivity contribution in [2.45, 2.75) is 25.9 Å². The first-order valence-corrected chi connectivity index (χ1v) is 6.58. The van der Waals surface area contributed by atoms with Gasteiger partial charge >= 0.3 is 0 Å². The van der Waals surface area contributed by atoms with Crippen LogP contribution >= 0.6 is 0 Å². The Bertz CT molecular complexity index is 449. The van der Waals surface area contributed by atoms with E-state index < -0.39 is 0 Å². The van der Waals surface area contributed by atoms with E-state index in [1.54, 1.807) is 30.1 Å². The van der Waals surface area contributed by atoms with Crippen LogP contribution in [0.5, 0.6) is 5.75 Å². The van der Waals surface area contributed by atoms with Crippen LogP contribution in [0.4, 0.5) is 0 Å². The molecule has 0 radical (unpaired) electrons. The van der Waals surface area contributed by atoms with Crippen molar-refractivity contribution in [1.82, 2.24) is 9.80 Å². The fourth-order valence-electron chi connectivity index (χ4n) is 1.61. The summed E-state index contributed by atoms with van der Waals surface area (Å²) in [7, 11) is 5.72. The van der Waals surface area contributed by atoms with Gasteiger partial charge in [-0.3, -0.25) is 9.59 Å². The maximum Gasteiger partial charge on any atom is 0.290 e. The van der Waals surface area contributed by atoms with Crippen LogP contribution in [0.3, 0.4) is 0 Å². The van der Waals surface area contributed by atoms with Gasteiger partial charge in [0.15, 0.2) is 0 Å². The highest BCUT2D eigenvalue weighted by Crippen LogP contribution is 2.13. The number of phenols is 1. The summed E-state index contributed by atoms with van der Waals surface area (Å²) in [5.74, 6) is 0.342. The molecule has 6 heteroatoms. The first kappa shape index (κ1) is 18.9. The van der Waals surface area contributed by atoms with Gasteiger partial charge < -0.3 is 20.0 Å². The second-order valence-electron chi connectivity index (χ2n) is 5.04. The number of carbonyl (C=O) groups excluding carboxylic acids is 1. The first-order valence-electron chi connectivity index (χ1n) is 6.58. The van der Waals surface area contributed by atoms with E-state index in [2.05, 4.69) is 0 Å². The highest BCUT2D eigenvalue weighted by atomic mass is 16.3. The van der Waals surface area contributed by atoms with Gasteiger partial charge in [0.2, 0.25) is 5.91 Å². The van der Waals surface area contributed by atoms with Crippen LogP contribution in [0, 0.1) is 0 Å². The van der Waals surface area contributed by atoms with Crippen LogP contribution in [0.1, 0.15) is 18.9 Å². The predicted octanol–water partition coefficient (Wildman–Crippen LogP) is 1.39. The van der Waals surface area contributed by atoms with Gasteiger partial charge in [0.1, 0.15) is 5.75 Å². The molecule has 0 heterocycles. The zero-order valence-corrected chi connectivity index (χ0v) is 13.0. The topological polar surface area (TPSA) is 81.1 Å². The lowest BCUT2D eigenvalue weighted by molar-refractivity contribution is -0.131. The number of amides is 1. The van der Waals surface area contributed by atoms with Crippen LogP contribution in [-0.2, 0) is 16.1 Å². The van der Waals surface area contributed by atoms with Gasteiger partial charge in [-0.15, -0.1) is 0 Å². The van der Waals surface area contributed by atoms with E-state index in [0.717, 1.165) is 5.56 Å². The normalized spacial score (nSPS) is 11.3.